The van der Waals surface area contributed by atoms with Crippen LogP contribution in [0.1, 0.15) is 49.4 Å². The fourth-order valence-electron chi connectivity index (χ4n) is 5.18. The Morgan fingerprint density at radius 3 is 2.09 bits per heavy atom. The summed E-state index contributed by atoms with van der Waals surface area (Å²) in [5, 5.41) is 10.0. The van der Waals surface area contributed by atoms with Crippen molar-refractivity contribution in [2.75, 3.05) is 0 Å². The molecule has 0 atom stereocenters. The third-order valence-electron chi connectivity index (χ3n) is 6.86. The third kappa shape index (κ3) is 3.52. The summed E-state index contributed by atoms with van der Waals surface area (Å²) in [6.07, 6.45) is 7.56. The van der Waals surface area contributed by atoms with Crippen molar-refractivity contribution in [3.05, 3.63) is 101 Å². The van der Waals surface area contributed by atoms with E-state index < -0.39 is 0 Å². The zero-order chi connectivity index (χ0) is 22.2. The Hall–Kier alpha value is -3.79. The van der Waals surface area contributed by atoms with Crippen LogP contribution in [0, 0.1) is 0 Å². The van der Waals surface area contributed by atoms with E-state index >= 15 is 0 Å². The molecule has 1 heterocycles. The molecule has 0 N–H and O–H groups in total. The average molecular weight is 432 g/mol. The van der Waals surface area contributed by atoms with E-state index in [1.165, 1.54) is 19.3 Å². The Bertz CT molecular complexity index is 1520. The highest BCUT2D eigenvalue weighted by atomic mass is 16.1. The molecule has 33 heavy (non-hydrogen) atoms. The number of aromatic nitrogens is 2. The highest BCUT2D eigenvalue weighted by Crippen LogP contribution is 2.32. The Kier molecular flexibility index (Phi) is 4.99. The predicted molar refractivity (Wildman–Crippen MR) is 136 cm³/mol. The maximum absolute atomic E-state index is 13.5. The van der Waals surface area contributed by atoms with E-state index in [1.54, 1.807) is 4.68 Å². The first-order valence-corrected chi connectivity index (χ1v) is 11.8. The standard InChI is InChI=1S/C29H25N3O/c33-29-25-16-8-9-17-27(25)31-28(20-10-2-1-3-11-20)32(29)30-19-26-23-14-6-4-12-21(23)18-22-13-5-7-15-24(22)26/h4-9,12-20H,1-3,10-11H2. The van der Waals surface area contributed by atoms with Crippen LogP contribution in [0.2, 0.25) is 0 Å². The van der Waals surface area contributed by atoms with Gasteiger partial charge in [0.1, 0.15) is 5.82 Å². The van der Waals surface area contributed by atoms with E-state index in [1.807, 2.05) is 42.6 Å². The van der Waals surface area contributed by atoms with E-state index in [0.29, 0.717) is 5.39 Å². The number of fused-ring (bicyclic) bond motifs is 3. The summed E-state index contributed by atoms with van der Waals surface area (Å²) in [4.78, 5) is 18.5. The molecule has 4 nitrogen and oxygen atoms in total. The van der Waals surface area contributed by atoms with Gasteiger partial charge in [-0.15, -0.1) is 0 Å². The van der Waals surface area contributed by atoms with Gasteiger partial charge in [0, 0.05) is 11.5 Å². The number of hydrogen-bond donors (Lipinski definition) is 0. The Morgan fingerprint density at radius 1 is 0.788 bits per heavy atom. The Balaban J connectivity index is 1.59. The lowest BCUT2D eigenvalue weighted by atomic mass is 9.88. The summed E-state index contributed by atoms with van der Waals surface area (Å²) in [5.41, 5.74) is 1.69. The van der Waals surface area contributed by atoms with Crippen molar-refractivity contribution in [3.8, 4) is 0 Å². The van der Waals surface area contributed by atoms with E-state index in [-0.39, 0.29) is 11.5 Å². The molecule has 1 aromatic heterocycles. The summed E-state index contributed by atoms with van der Waals surface area (Å²) < 4.78 is 1.56. The van der Waals surface area contributed by atoms with Crippen molar-refractivity contribution in [3.63, 3.8) is 0 Å². The van der Waals surface area contributed by atoms with Crippen LogP contribution in [0.5, 0.6) is 0 Å². The molecule has 4 heteroatoms. The fraction of sp³-hybridized carbons (Fsp3) is 0.207. The molecule has 0 saturated heterocycles. The van der Waals surface area contributed by atoms with Crippen molar-refractivity contribution >= 4 is 38.7 Å². The zero-order valence-electron chi connectivity index (χ0n) is 18.4. The van der Waals surface area contributed by atoms with Gasteiger partial charge in [0.05, 0.1) is 17.1 Å². The minimum Gasteiger partial charge on any atom is -0.267 e. The molecular weight excluding hydrogens is 406 g/mol. The van der Waals surface area contributed by atoms with Gasteiger partial charge < -0.3 is 0 Å². The van der Waals surface area contributed by atoms with Crippen molar-refractivity contribution in [1.82, 2.24) is 9.66 Å². The molecule has 0 amide bonds. The molecule has 4 aromatic carbocycles. The zero-order valence-corrected chi connectivity index (χ0v) is 18.4. The smallest absolute Gasteiger partial charge is 0.267 e. The van der Waals surface area contributed by atoms with Crippen LogP contribution >= 0.6 is 0 Å². The normalized spacial score (nSPS) is 15.2. The van der Waals surface area contributed by atoms with Gasteiger partial charge >= 0.3 is 0 Å². The first-order valence-electron chi connectivity index (χ1n) is 11.8. The van der Waals surface area contributed by atoms with Crippen LogP contribution in [0.4, 0.5) is 0 Å². The van der Waals surface area contributed by atoms with Gasteiger partial charge in [-0.1, -0.05) is 79.9 Å². The molecule has 1 aliphatic carbocycles. The monoisotopic (exact) mass is 431 g/mol. The topological polar surface area (TPSA) is 47.2 Å². The van der Waals surface area contributed by atoms with Crippen molar-refractivity contribution < 1.29 is 0 Å². The SMILES string of the molecule is O=c1c2ccccc2nc(C2CCCCC2)n1N=Cc1c2ccccc2cc2ccccc12. The van der Waals surface area contributed by atoms with Gasteiger partial charge in [0.25, 0.3) is 5.56 Å². The van der Waals surface area contributed by atoms with Crippen molar-refractivity contribution in [1.29, 1.82) is 0 Å². The molecule has 162 valence electrons. The summed E-state index contributed by atoms with van der Waals surface area (Å²) in [7, 11) is 0. The maximum Gasteiger partial charge on any atom is 0.282 e. The Labute approximate surface area is 192 Å². The van der Waals surface area contributed by atoms with Crippen LogP contribution in [-0.4, -0.2) is 15.9 Å². The molecule has 0 spiro atoms. The lowest BCUT2D eigenvalue weighted by Crippen LogP contribution is -2.25. The number of para-hydroxylation sites is 1. The van der Waals surface area contributed by atoms with E-state index in [0.717, 1.165) is 51.3 Å². The van der Waals surface area contributed by atoms with Gasteiger partial charge in [-0.3, -0.25) is 4.79 Å². The van der Waals surface area contributed by atoms with Crippen molar-refractivity contribution in [2.45, 2.75) is 38.0 Å². The Morgan fingerprint density at radius 2 is 1.39 bits per heavy atom. The quantitative estimate of drug-likeness (QED) is 0.238. The minimum absolute atomic E-state index is 0.0954. The molecular formula is C29H25N3O. The largest absolute Gasteiger partial charge is 0.282 e. The predicted octanol–water partition coefficient (Wildman–Crippen LogP) is 6.63. The van der Waals surface area contributed by atoms with E-state index in [9.17, 15) is 4.79 Å². The maximum atomic E-state index is 13.5. The summed E-state index contributed by atoms with van der Waals surface area (Å²) in [6.45, 7) is 0. The van der Waals surface area contributed by atoms with E-state index in [4.69, 9.17) is 10.1 Å². The van der Waals surface area contributed by atoms with Crippen LogP contribution < -0.4 is 5.56 Å². The molecule has 1 fully saturated rings. The summed E-state index contributed by atoms with van der Waals surface area (Å²) >= 11 is 0. The van der Waals surface area contributed by atoms with Gasteiger partial charge in [-0.05, 0) is 52.6 Å². The number of rotatable bonds is 3. The summed E-state index contributed by atoms with van der Waals surface area (Å²) in [5.74, 6) is 1.05. The molecule has 1 aliphatic rings. The van der Waals surface area contributed by atoms with Crippen molar-refractivity contribution in [2.24, 2.45) is 5.10 Å². The highest BCUT2D eigenvalue weighted by molar-refractivity contribution is 6.13. The second-order valence-electron chi connectivity index (χ2n) is 8.92. The van der Waals surface area contributed by atoms with Crippen LogP contribution in [0.15, 0.2) is 88.8 Å². The molecule has 5 aromatic rings. The minimum atomic E-state index is -0.0954. The van der Waals surface area contributed by atoms with Gasteiger partial charge in [0.2, 0.25) is 0 Å². The summed E-state index contributed by atoms with van der Waals surface area (Å²) in [6, 6.07) is 26.5. The molecule has 1 saturated carbocycles. The number of hydrogen-bond acceptors (Lipinski definition) is 3. The van der Waals surface area contributed by atoms with Crippen LogP contribution in [-0.2, 0) is 0 Å². The molecule has 0 unspecified atom stereocenters. The average Bonchev–Trinajstić information content (AvgIpc) is 2.88. The highest BCUT2D eigenvalue weighted by Gasteiger charge is 2.22. The number of benzene rings is 4. The first kappa shape index (κ1) is 19.9. The first-order chi connectivity index (χ1) is 16.3. The van der Waals surface area contributed by atoms with Crippen LogP contribution in [0.25, 0.3) is 32.4 Å². The van der Waals surface area contributed by atoms with Crippen LogP contribution in [0.3, 0.4) is 0 Å². The second kappa shape index (κ2) is 8.28. The number of nitrogens with zero attached hydrogens (tertiary/aromatic N) is 3. The molecule has 6 rings (SSSR count). The molecule has 0 aliphatic heterocycles. The third-order valence-corrected chi connectivity index (χ3v) is 6.86. The van der Waals surface area contributed by atoms with Gasteiger partial charge in [-0.25, -0.2) is 4.98 Å². The molecule has 0 bridgehead atoms. The second-order valence-corrected chi connectivity index (χ2v) is 8.92. The molecule has 0 radical (unpaired) electrons. The van der Waals surface area contributed by atoms with E-state index in [2.05, 4.69) is 42.5 Å². The lowest BCUT2D eigenvalue weighted by molar-refractivity contribution is 0.416. The fourth-order valence-corrected chi connectivity index (χ4v) is 5.18. The lowest BCUT2D eigenvalue weighted by Gasteiger charge is -2.22. The van der Waals surface area contributed by atoms with Gasteiger partial charge in [-0.2, -0.15) is 9.78 Å². The van der Waals surface area contributed by atoms with Gasteiger partial charge in [0.15, 0.2) is 0 Å².